The van der Waals surface area contributed by atoms with E-state index in [1.807, 2.05) is 18.9 Å². The van der Waals surface area contributed by atoms with Gasteiger partial charge >= 0.3 is 0 Å². The van der Waals surface area contributed by atoms with Crippen molar-refractivity contribution < 1.29 is 4.79 Å². The minimum atomic E-state index is 0.00299. The first kappa shape index (κ1) is 17.4. The van der Waals surface area contributed by atoms with Gasteiger partial charge in [0.2, 0.25) is 5.91 Å². The summed E-state index contributed by atoms with van der Waals surface area (Å²) in [6, 6.07) is 8.43. The number of likely N-dealkylation sites (N-methyl/N-ethyl adjacent to an activating group) is 1. The second-order valence-corrected chi connectivity index (χ2v) is 6.96. The lowest BCUT2D eigenvalue weighted by atomic mass is 10.0. The van der Waals surface area contributed by atoms with Crippen LogP contribution < -0.4 is 10.2 Å². The minimum Gasteiger partial charge on any atom is -0.355 e. The van der Waals surface area contributed by atoms with Crippen LogP contribution in [-0.2, 0) is 4.79 Å². The van der Waals surface area contributed by atoms with Crippen molar-refractivity contribution in [2.75, 3.05) is 25.0 Å². The number of anilines is 1. The third kappa shape index (κ3) is 3.79. The van der Waals surface area contributed by atoms with Crippen LogP contribution in [0.4, 0.5) is 5.82 Å². The number of aryl methyl sites for hydroxylation is 1. The first-order valence-electron chi connectivity index (χ1n) is 8.37. The SMILES string of the molecule is CCCNC(=O)CN(C)c1ncnc2scc(-c3ccc(C)cc3)c12. The van der Waals surface area contributed by atoms with Gasteiger partial charge in [0.05, 0.1) is 11.9 Å². The molecule has 3 rings (SSSR count). The number of nitrogens with zero attached hydrogens (tertiary/aromatic N) is 3. The molecule has 0 saturated heterocycles. The predicted octanol–water partition coefficient (Wildman–Crippen LogP) is 3.63. The molecule has 0 unspecified atom stereocenters. The number of fused-ring (bicyclic) bond motifs is 1. The number of aromatic nitrogens is 2. The second-order valence-electron chi connectivity index (χ2n) is 6.10. The maximum Gasteiger partial charge on any atom is 0.239 e. The average molecular weight is 354 g/mol. The van der Waals surface area contributed by atoms with Crippen molar-refractivity contribution in [3.8, 4) is 11.1 Å². The van der Waals surface area contributed by atoms with E-state index in [0.717, 1.165) is 33.6 Å². The largest absolute Gasteiger partial charge is 0.355 e. The van der Waals surface area contributed by atoms with Gasteiger partial charge in [-0.3, -0.25) is 4.79 Å². The zero-order valence-electron chi connectivity index (χ0n) is 14.7. The molecule has 2 heterocycles. The summed E-state index contributed by atoms with van der Waals surface area (Å²) in [6.45, 7) is 5.08. The van der Waals surface area contributed by atoms with Crippen LogP contribution in [0, 0.1) is 6.92 Å². The number of nitrogens with one attached hydrogen (secondary N) is 1. The highest BCUT2D eigenvalue weighted by atomic mass is 32.1. The number of hydrogen-bond acceptors (Lipinski definition) is 5. The topological polar surface area (TPSA) is 58.1 Å². The van der Waals surface area contributed by atoms with Gasteiger partial charge in [0, 0.05) is 24.5 Å². The number of thiophene rings is 1. The van der Waals surface area contributed by atoms with Gasteiger partial charge in [-0.25, -0.2) is 9.97 Å². The van der Waals surface area contributed by atoms with Crippen LogP contribution in [0.3, 0.4) is 0 Å². The Balaban J connectivity index is 1.97. The predicted molar refractivity (Wildman–Crippen MR) is 104 cm³/mol. The molecular formula is C19H22N4OS. The average Bonchev–Trinajstić information content (AvgIpc) is 3.04. The standard InChI is InChI=1S/C19H22N4OS/c1-4-9-20-16(24)10-23(3)18-17-15(11-25-19(17)22-12-21-18)14-7-5-13(2)6-8-14/h5-8,11-12H,4,9-10H2,1-3H3,(H,20,24). The van der Waals surface area contributed by atoms with Gasteiger partial charge in [0.1, 0.15) is 17.0 Å². The van der Waals surface area contributed by atoms with Crippen LogP contribution in [0.1, 0.15) is 18.9 Å². The molecule has 0 bridgehead atoms. The van der Waals surface area contributed by atoms with Crippen LogP contribution >= 0.6 is 11.3 Å². The van der Waals surface area contributed by atoms with Gasteiger partial charge < -0.3 is 10.2 Å². The van der Waals surface area contributed by atoms with Crippen LogP contribution in [-0.4, -0.2) is 36.0 Å². The third-order valence-corrected chi connectivity index (χ3v) is 4.91. The molecule has 0 atom stereocenters. The molecule has 5 nitrogen and oxygen atoms in total. The summed E-state index contributed by atoms with van der Waals surface area (Å²) < 4.78 is 0. The van der Waals surface area contributed by atoms with Crippen molar-refractivity contribution in [2.45, 2.75) is 20.3 Å². The van der Waals surface area contributed by atoms with Crippen molar-refractivity contribution in [2.24, 2.45) is 0 Å². The van der Waals surface area contributed by atoms with E-state index in [4.69, 9.17) is 0 Å². The highest BCUT2D eigenvalue weighted by Gasteiger charge is 2.17. The van der Waals surface area contributed by atoms with E-state index >= 15 is 0 Å². The molecule has 0 saturated carbocycles. The van der Waals surface area contributed by atoms with E-state index < -0.39 is 0 Å². The highest BCUT2D eigenvalue weighted by Crippen LogP contribution is 2.37. The molecule has 3 aromatic rings. The van der Waals surface area contributed by atoms with Crippen molar-refractivity contribution >= 4 is 33.3 Å². The summed E-state index contributed by atoms with van der Waals surface area (Å²) in [5, 5.41) is 6.02. The number of benzene rings is 1. The summed E-state index contributed by atoms with van der Waals surface area (Å²) in [7, 11) is 1.89. The Labute approximate surface area is 151 Å². The third-order valence-electron chi connectivity index (χ3n) is 4.03. The summed E-state index contributed by atoms with van der Waals surface area (Å²) in [6.07, 6.45) is 2.49. The molecule has 2 aromatic heterocycles. The molecule has 6 heteroatoms. The lowest BCUT2D eigenvalue weighted by molar-refractivity contribution is -0.119. The lowest BCUT2D eigenvalue weighted by Gasteiger charge is -2.19. The number of carbonyl (C=O) groups is 1. The van der Waals surface area contributed by atoms with Crippen molar-refractivity contribution in [3.63, 3.8) is 0 Å². The highest BCUT2D eigenvalue weighted by molar-refractivity contribution is 7.17. The first-order chi connectivity index (χ1) is 12.1. The Morgan fingerprint density at radius 3 is 2.72 bits per heavy atom. The zero-order chi connectivity index (χ0) is 17.8. The Hall–Kier alpha value is -2.47. The summed E-state index contributed by atoms with van der Waals surface area (Å²) in [5.41, 5.74) is 3.47. The number of carbonyl (C=O) groups excluding carboxylic acids is 1. The van der Waals surface area contributed by atoms with Crippen molar-refractivity contribution in [1.29, 1.82) is 0 Å². The van der Waals surface area contributed by atoms with Crippen LogP contribution in [0.5, 0.6) is 0 Å². The van der Waals surface area contributed by atoms with Gasteiger partial charge in [0.25, 0.3) is 0 Å². The molecule has 0 aliphatic heterocycles. The minimum absolute atomic E-state index is 0.00299. The van der Waals surface area contributed by atoms with Crippen LogP contribution in [0.25, 0.3) is 21.3 Å². The first-order valence-corrected chi connectivity index (χ1v) is 9.25. The van der Waals surface area contributed by atoms with Crippen molar-refractivity contribution in [3.05, 3.63) is 41.5 Å². The van der Waals surface area contributed by atoms with E-state index in [1.165, 1.54) is 5.56 Å². The Morgan fingerprint density at radius 2 is 2.00 bits per heavy atom. The summed E-state index contributed by atoms with van der Waals surface area (Å²) in [4.78, 5) is 23.7. The Bertz CT molecular complexity index is 873. The van der Waals surface area contributed by atoms with E-state index in [2.05, 4.69) is 51.9 Å². The molecule has 0 fully saturated rings. The molecule has 0 aliphatic rings. The van der Waals surface area contributed by atoms with E-state index in [-0.39, 0.29) is 12.5 Å². The fourth-order valence-electron chi connectivity index (χ4n) is 2.70. The van der Waals surface area contributed by atoms with Gasteiger partial charge in [-0.05, 0) is 18.9 Å². The zero-order valence-corrected chi connectivity index (χ0v) is 15.6. The Kier molecular flexibility index (Phi) is 5.28. The van der Waals surface area contributed by atoms with Gasteiger partial charge in [-0.2, -0.15) is 0 Å². The fraction of sp³-hybridized carbons (Fsp3) is 0.316. The maximum absolute atomic E-state index is 12.1. The molecule has 1 N–H and O–H groups in total. The van der Waals surface area contributed by atoms with Gasteiger partial charge in [0.15, 0.2) is 0 Å². The number of rotatable bonds is 6. The Morgan fingerprint density at radius 1 is 1.24 bits per heavy atom. The fourth-order valence-corrected chi connectivity index (χ4v) is 3.62. The monoisotopic (exact) mass is 354 g/mol. The number of amides is 1. The van der Waals surface area contributed by atoms with Crippen LogP contribution in [0.2, 0.25) is 0 Å². The quantitative estimate of drug-likeness (QED) is 0.734. The number of hydrogen-bond donors (Lipinski definition) is 1. The second kappa shape index (κ2) is 7.61. The molecular weight excluding hydrogens is 332 g/mol. The van der Waals surface area contributed by atoms with E-state index in [9.17, 15) is 4.79 Å². The molecule has 1 aromatic carbocycles. The molecule has 25 heavy (non-hydrogen) atoms. The van der Waals surface area contributed by atoms with E-state index in [0.29, 0.717) is 6.54 Å². The normalized spacial score (nSPS) is 10.8. The summed E-state index contributed by atoms with van der Waals surface area (Å²) >= 11 is 1.60. The van der Waals surface area contributed by atoms with Gasteiger partial charge in [-0.15, -0.1) is 11.3 Å². The lowest BCUT2D eigenvalue weighted by Crippen LogP contribution is -2.35. The van der Waals surface area contributed by atoms with E-state index in [1.54, 1.807) is 17.7 Å². The maximum atomic E-state index is 12.1. The molecule has 0 spiro atoms. The molecule has 0 aliphatic carbocycles. The van der Waals surface area contributed by atoms with Crippen molar-refractivity contribution in [1.82, 2.24) is 15.3 Å². The molecule has 0 radical (unpaired) electrons. The smallest absolute Gasteiger partial charge is 0.239 e. The summed E-state index contributed by atoms with van der Waals surface area (Å²) in [5.74, 6) is 0.789. The molecule has 130 valence electrons. The van der Waals surface area contributed by atoms with Gasteiger partial charge in [-0.1, -0.05) is 36.8 Å². The molecule has 1 amide bonds. The van der Waals surface area contributed by atoms with Crippen LogP contribution in [0.15, 0.2) is 36.0 Å².